The summed E-state index contributed by atoms with van der Waals surface area (Å²) in [4.78, 5) is 53.0. The first kappa shape index (κ1) is 19.7. The molecule has 0 amide bonds. The number of benzene rings is 2. The van der Waals surface area contributed by atoms with E-state index in [2.05, 4.69) is 9.72 Å². The first-order valence-corrected chi connectivity index (χ1v) is 8.32. The number of aromatic nitrogens is 2. The maximum Gasteiger partial charge on any atom is 0.339 e. The fraction of sp³-hybridized carbons (Fsp3) is 0.150. The van der Waals surface area contributed by atoms with E-state index in [0.717, 1.165) is 4.57 Å². The molecule has 1 heterocycles. The molecule has 2 aromatic carbocycles. The minimum Gasteiger partial charge on any atom is -0.465 e. The van der Waals surface area contributed by atoms with Crippen molar-refractivity contribution in [2.75, 3.05) is 21.3 Å². The Balaban J connectivity index is 2.25. The van der Waals surface area contributed by atoms with E-state index in [1.807, 2.05) is 0 Å². The summed E-state index contributed by atoms with van der Waals surface area (Å²) in [7, 11) is 3.68. The zero-order valence-electron chi connectivity index (χ0n) is 15.8. The summed E-state index contributed by atoms with van der Waals surface area (Å²) in [6.45, 7) is 0. The van der Waals surface area contributed by atoms with Crippen molar-refractivity contribution in [3.05, 3.63) is 69.8 Å². The number of esters is 3. The van der Waals surface area contributed by atoms with E-state index in [4.69, 9.17) is 9.47 Å². The number of fused-ring (bicyclic) bond motifs is 1. The van der Waals surface area contributed by atoms with Crippen LogP contribution in [0.5, 0.6) is 0 Å². The van der Waals surface area contributed by atoms with Gasteiger partial charge in [0.1, 0.15) is 6.33 Å². The smallest absolute Gasteiger partial charge is 0.339 e. The van der Waals surface area contributed by atoms with Crippen molar-refractivity contribution in [3.8, 4) is 5.69 Å². The predicted molar refractivity (Wildman–Crippen MR) is 101 cm³/mol. The van der Waals surface area contributed by atoms with Gasteiger partial charge >= 0.3 is 17.9 Å². The predicted octanol–water partition coefficient (Wildman–Crippen LogP) is 1.75. The van der Waals surface area contributed by atoms with Crippen LogP contribution < -0.4 is 5.56 Å². The van der Waals surface area contributed by atoms with Crippen LogP contribution in [-0.4, -0.2) is 48.8 Å². The number of nitrogens with zero attached hydrogens (tertiary/aromatic N) is 2. The summed E-state index contributed by atoms with van der Waals surface area (Å²) in [6.07, 6.45) is 1.20. The highest BCUT2D eigenvalue weighted by molar-refractivity contribution is 5.97. The molecule has 9 heteroatoms. The molecule has 0 saturated heterocycles. The van der Waals surface area contributed by atoms with E-state index in [1.165, 1.54) is 64.1 Å². The Hall–Kier alpha value is -4.01. The molecule has 9 nitrogen and oxygen atoms in total. The van der Waals surface area contributed by atoms with Gasteiger partial charge in [0.2, 0.25) is 0 Å². The molecule has 0 spiro atoms. The molecule has 0 unspecified atom stereocenters. The van der Waals surface area contributed by atoms with Gasteiger partial charge in [-0.05, 0) is 36.4 Å². The lowest BCUT2D eigenvalue weighted by molar-refractivity contribution is 0.0586. The van der Waals surface area contributed by atoms with E-state index in [1.54, 1.807) is 0 Å². The molecule has 148 valence electrons. The maximum absolute atomic E-state index is 13.0. The lowest BCUT2D eigenvalue weighted by atomic mass is 10.1. The fourth-order valence-electron chi connectivity index (χ4n) is 2.80. The van der Waals surface area contributed by atoms with E-state index < -0.39 is 23.5 Å². The van der Waals surface area contributed by atoms with Crippen molar-refractivity contribution in [1.29, 1.82) is 0 Å². The van der Waals surface area contributed by atoms with Crippen LogP contribution in [0, 0.1) is 0 Å². The van der Waals surface area contributed by atoms with Crippen molar-refractivity contribution in [2.45, 2.75) is 0 Å². The van der Waals surface area contributed by atoms with Crippen LogP contribution in [0.15, 0.2) is 47.5 Å². The number of carbonyl (C=O) groups excluding carboxylic acids is 3. The van der Waals surface area contributed by atoms with Gasteiger partial charge in [-0.25, -0.2) is 19.4 Å². The zero-order chi connectivity index (χ0) is 21.1. The van der Waals surface area contributed by atoms with Gasteiger partial charge in [0.15, 0.2) is 0 Å². The minimum atomic E-state index is -0.690. The first-order valence-electron chi connectivity index (χ1n) is 8.32. The number of hydrogen-bond donors (Lipinski definition) is 0. The molecule has 1 aromatic heterocycles. The molecule has 0 fully saturated rings. The lowest BCUT2D eigenvalue weighted by Crippen LogP contribution is -2.22. The highest BCUT2D eigenvalue weighted by Gasteiger charge is 2.19. The summed E-state index contributed by atoms with van der Waals surface area (Å²) in [5.74, 6) is -1.88. The summed E-state index contributed by atoms with van der Waals surface area (Å²) in [5, 5.41) is 0.208. The van der Waals surface area contributed by atoms with Crippen molar-refractivity contribution < 1.29 is 28.6 Å². The summed E-state index contributed by atoms with van der Waals surface area (Å²) >= 11 is 0. The second-order valence-electron chi connectivity index (χ2n) is 5.86. The van der Waals surface area contributed by atoms with E-state index >= 15 is 0 Å². The Bertz CT molecular complexity index is 1200. The van der Waals surface area contributed by atoms with Gasteiger partial charge in [-0.15, -0.1) is 0 Å². The number of ether oxygens (including phenoxy) is 3. The van der Waals surface area contributed by atoms with Crippen LogP contribution >= 0.6 is 0 Å². The summed E-state index contributed by atoms with van der Waals surface area (Å²) in [6, 6.07) is 8.41. The van der Waals surface area contributed by atoms with Gasteiger partial charge in [0.25, 0.3) is 5.56 Å². The topological polar surface area (TPSA) is 114 Å². The third kappa shape index (κ3) is 3.57. The molecule has 0 radical (unpaired) electrons. The van der Waals surface area contributed by atoms with Crippen LogP contribution in [-0.2, 0) is 14.2 Å². The molecule has 0 aliphatic rings. The highest BCUT2D eigenvalue weighted by Crippen LogP contribution is 2.19. The van der Waals surface area contributed by atoms with Gasteiger partial charge < -0.3 is 14.2 Å². The SMILES string of the molecule is COC(=O)c1ccc(C(=O)OC)c(-n2cnc3cc(C(=O)OC)ccc3c2=O)c1. The highest BCUT2D eigenvalue weighted by atomic mass is 16.5. The molecular formula is C20H16N2O7. The Labute approximate surface area is 164 Å². The minimum absolute atomic E-state index is 0.0644. The van der Waals surface area contributed by atoms with Gasteiger partial charge in [-0.3, -0.25) is 9.36 Å². The molecule has 0 aliphatic heterocycles. The molecule has 29 heavy (non-hydrogen) atoms. The number of carbonyl (C=O) groups is 3. The zero-order valence-corrected chi connectivity index (χ0v) is 15.8. The largest absolute Gasteiger partial charge is 0.465 e. The van der Waals surface area contributed by atoms with Gasteiger partial charge in [-0.1, -0.05) is 0 Å². The second kappa shape index (κ2) is 7.93. The Morgan fingerprint density at radius 2 is 1.41 bits per heavy atom. The van der Waals surface area contributed by atoms with Crippen molar-refractivity contribution in [1.82, 2.24) is 9.55 Å². The molecule has 0 atom stereocenters. The number of rotatable bonds is 4. The Kier molecular flexibility index (Phi) is 5.40. The molecular weight excluding hydrogens is 380 g/mol. The number of hydrogen-bond acceptors (Lipinski definition) is 8. The average molecular weight is 396 g/mol. The van der Waals surface area contributed by atoms with Gasteiger partial charge in [-0.2, -0.15) is 0 Å². The Morgan fingerprint density at radius 3 is 2.03 bits per heavy atom. The second-order valence-corrected chi connectivity index (χ2v) is 5.86. The first-order chi connectivity index (χ1) is 13.9. The van der Waals surface area contributed by atoms with Crippen molar-refractivity contribution >= 4 is 28.8 Å². The molecule has 0 aliphatic carbocycles. The van der Waals surface area contributed by atoms with E-state index in [-0.39, 0.29) is 33.3 Å². The van der Waals surface area contributed by atoms with Crippen molar-refractivity contribution in [2.24, 2.45) is 0 Å². The normalized spacial score (nSPS) is 10.4. The third-order valence-electron chi connectivity index (χ3n) is 4.26. The van der Waals surface area contributed by atoms with Crippen LogP contribution in [0.2, 0.25) is 0 Å². The van der Waals surface area contributed by atoms with Crippen LogP contribution in [0.3, 0.4) is 0 Å². The molecule has 3 rings (SSSR count). The maximum atomic E-state index is 13.0. The summed E-state index contributed by atoms with van der Waals surface area (Å²) < 4.78 is 15.3. The standard InChI is InChI=1S/C20H16N2O7/c1-27-18(24)11-4-6-13-15(8-11)21-10-22(17(13)23)16-9-12(19(25)28-2)5-7-14(16)20(26)29-3/h4-10H,1-3H3. The summed E-state index contributed by atoms with van der Waals surface area (Å²) in [5.41, 5.74) is 0.332. The van der Waals surface area contributed by atoms with Gasteiger partial charge in [0, 0.05) is 0 Å². The Morgan fingerprint density at radius 1 is 0.828 bits per heavy atom. The number of methoxy groups -OCH3 is 3. The molecule has 0 N–H and O–H groups in total. The van der Waals surface area contributed by atoms with Crippen molar-refractivity contribution in [3.63, 3.8) is 0 Å². The quantitative estimate of drug-likeness (QED) is 0.484. The molecule has 0 bridgehead atoms. The molecule has 3 aromatic rings. The average Bonchev–Trinajstić information content (AvgIpc) is 2.77. The monoisotopic (exact) mass is 396 g/mol. The fourth-order valence-corrected chi connectivity index (χ4v) is 2.80. The van der Waals surface area contributed by atoms with Crippen LogP contribution in [0.1, 0.15) is 31.1 Å². The van der Waals surface area contributed by atoms with E-state index in [9.17, 15) is 19.2 Å². The molecule has 0 saturated carbocycles. The third-order valence-corrected chi connectivity index (χ3v) is 4.26. The van der Waals surface area contributed by atoms with Crippen LogP contribution in [0.25, 0.3) is 16.6 Å². The van der Waals surface area contributed by atoms with Gasteiger partial charge in [0.05, 0.1) is 54.6 Å². The van der Waals surface area contributed by atoms with E-state index in [0.29, 0.717) is 0 Å². The van der Waals surface area contributed by atoms with Crippen LogP contribution in [0.4, 0.5) is 0 Å². The lowest BCUT2D eigenvalue weighted by Gasteiger charge is -2.12.